The molecule has 0 atom stereocenters. The summed E-state index contributed by atoms with van der Waals surface area (Å²) in [7, 11) is -7.57. The first-order valence-electron chi connectivity index (χ1n) is 14.6. The highest BCUT2D eigenvalue weighted by Crippen LogP contribution is 2.26. The summed E-state index contributed by atoms with van der Waals surface area (Å²) in [5.41, 5.74) is 0. The van der Waals surface area contributed by atoms with Gasteiger partial charge in [0.15, 0.2) is 0 Å². The lowest BCUT2D eigenvalue weighted by Gasteiger charge is -2.09. The third kappa shape index (κ3) is 9.18. The Balaban J connectivity index is 1.19. The van der Waals surface area contributed by atoms with Crippen LogP contribution < -0.4 is 14.2 Å². The van der Waals surface area contributed by atoms with Crippen molar-refractivity contribution in [2.24, 2.45) is 0 Å². The summed E-state index contributed by atoms with van der Waals surface area (Å²) >= 11 is 0. The Morgan fingerprint density at radius 1 is 0.543 bits per heavy atom. The molecule has 242 valence electrons. The van der Waals surface area contributed by atoms with Crippen LogP contribution in [0.25, 0.3) is 0 Å². The van der Waals surface area contributed by atoms with E-state index in [1.807, 2.05) is 0 Å². The van der Waals surface area contributed by atoms with Crippen molar-refractivity contribution in [1.82, 2.24) is 0 Å². The lowest BCUT2D eigenvalue weighted by atomic mass is 10.2. The lowest BCUT2D eigenvalue weighted by Crippen LogP contribution is -2.10. The number of esters is 2. The maximum absolute atomic E-state index is 13.0. The average molecular weight is 667 g/mol. The number of sulfone groups is 2. The molecule has 0 unspecified atom stereocenters. The number of phenolic OH excluding ortho intramolecular Hbond substituents is 1. The van der Waals surface area contributed by atoms with Crippen molar-refractivity contribution in [2.45, 2.75) is 65.0 Å². The summed E-state index contributed by atoms with van der Waals surface area (Å²) in [4.78, 5) is 24.7. The molecule has 4 aromatic rings. The fraction of sp³-hybridized carbons (Fsp3) is 0.235. The molecule has 0 aromatic heterocycles. The number of phenols is 1. The van der Waals surface area contributed by atoms with Crippen LogP contribution in [0.2, 0.25) is 0 Å². The van der Waals surface area contributed by atoms with Gasteiger partial charge in [-0.2, -0.15) is 0 Å². The van der Waals surface area contributed by atoms with E-state index in [0.29, 0.717) is 25.2 Å². The second-order valence-corrected chi connectivity index (χ2v) is 14.2. The predicted molar refractivity (Wildman–Crippen MR) is 168 cm³/mol. The van der Waals surface area contributed by atoms with Gasteiger partial charge >= 0.3 is 11.9 Å². The van der Waals surface area contributed by atoms with Gasteiger partial charge in [-0.25, -0.2) is 16.8 Å². The number of ether oxygens (including phenoxy) is 3. The van der Waals surface area contributed by atoms with Gasteiger partial charge in [-0.15, -0.1) is 0 Å². The number of hydrogen-bond donors (Lipinski definition) is 1. The van der Waals surface area contributed by atoms with E-state index < -0.39 is 31.6 Å². The van der Waals surface area contributed by atoms with Gasteiger partial charge in [-0.3, -0.25) is 9.59 Å². The quantitative estimate of drug-likeness (QED) is 0.0869. The van der Waals surface area contributed by atoms with Crippen LogP contribution in [-0.2, 0) is 29.3 Å². The molecule has 0 spiro atoms. The Kier molecular flexibility index (Phi) is 11.6. The maximum Gasteiger partial charge on any atom is 0.311 e. The van der Waals surface area contributed by atoms with Crippen molar-refractivity contribution in [3.63, 3.8) is 0 Å². The number of aromatic hydroxyl groups is 1. The molecule has 0 radical (unpaired) electrons. The highest BCUT2D eigenvalue weighted by Gasteiger charge is 2.19. The minimum atomic E-state index is -3.80. The molecule has 0 heterocycles. The van der Waals surface area contributed by atoms with Gasteiger partial charge in [0.25, 0.3) is 0 Å². The van der Waals surface area contributed by atoms with Crippen LogP contribution in [-0.4, -0.2) is 40.5 Å². The number of rotatable bonds is 15. The van der Waals surface area contributed by atoms with Crippen LogP contribution in [0.15, 0.2) is 117 Å². The van der Waals surface area contributed by atoms with E-state index in [-0.39, 0.29) is 49.7 Å². The fourth-order valence-electron chi connectivity index (χ4n) is 4.22. The summed E-state index contributed by atoms with van der Waals surface area (Å²) in [6.45, 7) is 2.62. The van der Waals surface area contributed by atoms with Gasteiger partial charge in [0.1, 0.15) is 23.0 Å². The molecule has 12 heteroatoms. The highest BCUT2D eigenvalue weighted by atomic mass is 32.2. The summed E-state index contributed by atoms with van der Waals surface area (Å²) in [5.74, 6) is -0.164. The number of carbonyl (C=O) groups excluding carboxylic acids is 2. The smallest absolute Gasteiger partial charge is 0.311 e. The molecule has 0 aliphatic carbocycles. The zero-order valence-electron chi connectivity index (χ0n) is 25.1. The van der Waals surface area contributed by atoms with E-state index >= 15 is 0 Å². The zero-order chi connectivity index (χ0) is 33.2. The van der Waals surface area contributed by atoms with Gasteiger partial charge in [0.05, 0.1) is 26.2 Å². The standard InChI is InChI=1S/C34H34O10S2/c1-2-3-24-42-26-10-18-30(19-11-26)46(40,41)32-22-14-28(15-23-32)44-34(37)7-5-4-6-33(36)43-27-12-20-31(21-13-27)45(38,39)29-16-8-25(35)9-17-29/h8-23,35H,2-7,24H2,1H3. The van der Waals surface area contributed by atoms with Crippen LogP contribution in [0, 0.1) is 0 Å². The molecular weight excluding hydrogens is 632 g/mol. The lowest BCUT2D eigenvalue weighted by molar-refractivity contribution is -0.136. The van der Waals surface area contributed by atoms with E-state index in [0.717, 1.165) is 12.8 Å². The first kappa shape index (κ1) is 34.2. The van der Waals surface area contributed by atoms with Crippen LogP contribution in [0.5, 0.6) is 23.0 Å². The Labute approximate surface area is 268 Å². The van der Waals surface area contributed by atoms with E-state index in [4.69, 9.17) is 14.2 Å². The van der Waals surface area contributed by atoms with E-state index in [2.05, 4.69) is 6.92 Å². The summed E-state index contributed by atoms with van der Waals surface area (Å²) < 4.78 is 67.6. The summed E-state index contributed by atoms with van der Waals surface area (Å²) in [6, 6.07) is 22.3. The molecular formula is C34H34O10S2. The maximum atomic E-state index is 13.0. The molecule has 10 nitrogen and oxygen atoms in total. The predicted octanol–water partition coefficient (Wildman–Crippen LogP) is 6.31. The molecule has 0 aliphatic rings. The molecule has 0 aliphatic heterocycles. The van der Waals surface area contributed by atoms with Gasteiger partial charge in [0, 0.05) is 12.8 Å². The van der Waals surface area contributed by atoms with Crippen LogP contribution in [0.1, 0.15) is 45.4 Å². The Morgan fingerprint density at radius 2 is 0.891 bits per heavy atom. The van der Waals surface area contributed by atoms with E-state index in [9.17, 15) is 31.5 Å². The Hall–Kier alpha value is -4.68. The molecule has 0 amide bonds. The molecule has 0 saturated heterocycles. The Morgan fingerprint density at radius 3 is 1.26 bits per heavy atom. The molecule has 0 saturated carbocycles. The average Bonchev–Trinajstić information content (AvgIpc) is 3.04. The van der Waals surface area contributed by atoms with Gasteiger partial charge in [-0.1, -0.05) is 13.3 Å². The fourth-order valence-corrected chi connectivity index (χ4v) is 6.75. The van der Waals surface area contributed by atoms with Crippen molar-refractivity contribution in [3.05, 3.63) is 97.1 Å². The minimum absolute atomic E-state index is 0.00564. The van der Waals surface area contributed by atoms with Crippen LogP contribution >= 0.6 is 0 Å². The van der Waals surface area contributed by atoms with Gasteiger partial charge in [-0.05, 0) is 116 Å². The first-order chi connectivity index (χ1) is 22.0. The normalized spacial score (nSPS) is 11.5. The molecule has 1 N–H and O–H groups in total. The van der Waals surface area contributed by atoms with Crippen molar-refractivity contribution in [1.29, 1.82) is 0 Å². The number of unbranched alkanes of at least 4 members (excludes halogenated alkanes) is 2. The van der Waals surface area contributed by atoms with Crippen molar-refractivity contribution >= 4 is 31.6 Å². The highest BCUT2D eigenvalue weighted by molar-refractivity contribution is 7.91. The van der Waals surface area contributed by atoms with Gasteiger partial charge < -0.3 is 19.3 Å². The third-order valence-electron chi connectivity index (χ3n) is 6.79. The summed E-state index contributed by atoms with van der Waals surface area (Å²) in [5, 5.41) is 9.38. The van der Waals surface area contributed by atoms with E-state index in [1.54, 1.807) is 12.1 Å². The van der Waals surface area contributed by atoms with Crippen LogP contribution in [0.4, 0.5) is 0 Å². The second kappa shape index (κ2) is 15.5. The minimum Gasteiger partial charge on any atom is -0.508 e. The van der Waals surface area contributed by atoms with Crippen molar-refractivity contribution in [2.75, 3.05) is 6.61 Å². The van der Waals surface area contributed by atoms with E-state index in [1.165, 1.54) is 84.9 Å². The third-order valence-corrected chi connectivity index (χ3v) is 10.4. The summed E-state index contributed by atoms with van der Waals surface area (Å²) in [6.07, 6.45) is 2.66. The molecule has 4 aromatic carbocycles. The zero-order valence-corrected chi connectivity index (χ0v) is 26.8. The van der Waals surface area contributed by atoms with Crippen LogP contribution in [0.3, 0.4) is 0 Å². The first-order valence-corrected chi connectivity index (χ1v) is 17.6. The number of benzene rings is 4. The Bertz CT molecular complexity index is 1830. The molecule has 0 bridgehead atoms. The number of hydrogen-bond acceptors (Lipinski definition) is 10. The van der Waals surface area contributed by atoms with Crippen molar-refractivity contribution < 1.29 is 45.7 Å². The largest absolute Gasteiger partial charge is 0.508 e. The monoisotopic (exact) mass is 666 g/mol. The van der Waals surface area contributed by atoms with Gasteiger partial charge in [0.2, 0.25) is 19.7 Å². The second-order valence-electron chi connectivity index (χ2n) is 10.3. The molecule has 0 fully saturated rings. The SMILES string of the molecule is CCCCOc1ccc(S(=O)(=O)c2ccc(OC(=O)CCCCC(=O)Oc3ccc(S(=O)(=O)c4ccc(O)cc4)cc3)cc2)cc1. The number of carbonyl (C=O) groups is 2. The molecule has 4 rings (SSSR count). The molecule has 46 heavy (non-hydrogen) atoms. The topological polar surface area (TPSA) is 150 Å². The van der Waals surface area contributed by atoms with Crippen molar-refractivity contribution in [3.8, 4) is 23.0 Å².